The summed E-state index contributed by atoms with van der Waals surface area (Å²) in [4.78, 5) is 15.6. The average Bonchev–Trinajstić information content (AvgIpc) is 2.32. The highest BCUT2D eigenvalue weighted by Gasteiger charge is 2.15. The lowest BCUT2D eigenvalue weighted by Gasteiger charge is -2.20. The molecule has 0 radical (unpaired) electrons. The number of nitrogens with one attached hydrogen (secondary N) is 1. The van der Waals surface area contributed by atoms with Crippen LogP contribution >= 0.6 is 15.9 Å². The summed E-state index contributed by atoms with van der Waals surface area (Å²) in [7, 11) is 0. The number of pyridine rings is 1. The summed E-state index contributed by atoms with van der Waals surface area (Å²) < 4.78 is 11.8. The second-order valence-corrected chi connectivity index (χ2v) is 6.73. The molecule has 118 valence electrons. The van der Waals surface area contributed by atoms with Crippen molar-refractivity contribution in [2.75, 3.05) is 6.54 Å². The fourth-order valence-corrected chi connectivity index (χ4v) is 1.92. The molecule has 0 aliphatic carbocycles. The van der Waals surface area contributed by atoms with Gasteiger partial charge in [0.05, 0.1) is 6.10 Å². The number of nitrogens with zero attached hydrogens (tertiary/aromatic N) is 1. The molecule has 0 bridgehead atoms. The third-order valence-electron chi connectivity index (χ3n) is 2.47. The van der Waals surface area contributed by atoms with Crippen LogP contribution in [0.1, 0.15) is 40.5 Å². The summed E-state index contributed by atoms with van der Waals surface area (Å²) in [6.45, 7) is 8.07. The molecule has 0 aromatic carbocycles. The van der Waals surface area contributed by atoms with Crippen molar-refractivity contribution in [3.8, 4) is 5.88 Å². The van der Waals surface area contributed by atoms with E-state index in [1.807, 2.05) is 39.8 Å². The van der Waals surface area contributed by atoms with Crippen LogP contribution in [0.15, 0.2) is 22.8 Å². The number of carbonyl (C=O) groups is 1. The lowest BCUT2D eigenvalue weighted by atomic mass is 10.2. The third-order valence-corrected chi connectivity index (χ3v) is 2.97. The third kappa shape index (κ3) is 8.55. The molecule has 1 aromatic heterocycles. The molecule has 1 unspecified atom stereocenters. The monoisotopic (exact) mass is 358 g/mol. The predicted molar refractivity (Wildman–Crippen MR) is 85.5 cm³/mol. The van der Waals surface area contributed by atoms with Crippen LogP contribution in [0.5, 0.6) is 5.88 Å². The molecule has 0 aliphatic rings. The van der Waals surface area contributed by atoms with Gasteiger partial charge in [0.25, 0.3) is 0 Å². The van der Waals surface area contributed by atoms with E-state index in [0.29, 0.717) is 12.4 Å². The Morgan fingerprint density at radius 2 is 2.19 bits per heavy atom. The van der Waals surface area contributed by atoms with Crippen molar-refractivity contribution in [3.63, 3.8) is 0 Å². The van der Waals surface area contributed by atoms with Crippen LogP contribution in [0.25, 0.3) is 0 Å². The lowest BCUT2D eigenvalue weighted by Crippen LogP contribution is -2.33. The van der Waals surface area contributed by atoms with Gasteiger partial charge in [-0.05, 0) is 46.6 Å². The topological polar surface area (TPSA) is 60.5 Å². The fourth-order valence-electron chi connectivity index (χ4n) is 1.61. The van der Waals surface area contributed by atoms with Gasteiger partial charge >= 0.3 is 6.09 Å². The van der Waals surface area contributed by atoms with Gasteiger partial charge in [0.1, 0.15) is 5.60 Å². The van der Waals surface area contributed by atoms with Gasteiger partial charge in [-0.15, -0.1) is 0 Å². The van der Waals surface area contributed by atoms with Crippen LogP contribution in [0.3, 0.4) is 0 Å². The Balaban J connectivity index is 2.19. The SMILES string of the molecule is CC(CCCNC(=O)OC(C)(C)C)Oc1cc(Br)ccn1. The molecule has 1 amide bonds. The Kier molecular flexibility index (Phi) is 6.95. The standard InChI is InChI=1S/C15H23BrN2O3/c1-11(20-13-10-12(16)7-9-17-13)6-5-8-18-14(19)21-15(2,3)4/h7,9-11H,5-6,8H2,1-4H3,(H,18,19). The fraction of sp³-hybridized carbons (Fsp3) is 0.600. The van der Waals surface area contributed by atoms with E-state index in [0.717, 1.165) is 17.3 Å². The molecule has 1 atom stereocenters. The Labute approximate surface area is 134 Å². The van der Waals surface area contributed by atoms with E-state index in [1.165, 1.54) is 0 Å². The van der Waals surface area contributed by atoms with Crippen LogP contribution in [0.2, 0.25) is 0 Å². The largest absolute Gasteiger partial charge is 0.475 e. The molecule has 1 heterocycles. The number of halogens is 1. The van der Waals surface area contributed by atoms with Crippen LogP contribution < -0.4 is 10.1 Å². The summed E-state index contributed by atoms with van der Waals surface area (Å²) in [5.74, 6) is 0.594. The molecular formula is C15H23BrN2O3. The van der Waals surface area contributed by atoms with Gasteiger partial charge in [-0.25, -0.2) is 9.78 Å². The number of alkyl carbamates (subject to hydrolysis) is 1. The quantitative estimate of drug-likeness (QED) is 0.783. The zero-order chi connectivity index (χ0) is 15.9. The Morgan fingerprint density at radius 1 is 1.48 bits per heavy atom. The number of hydrogen-bond donors (Lipinski definition) is 1. The highest BCUT2D eigenvalue weighted by molar-refractivity contribution is 9.10. The molecule has 6 heteroatoms. The predicted octanol–water partition coefficient (Wildman–Crippen LogP) is 3.92. The first kappa shape index (κ1) is 17.8. The van der Waals surface area contributed by atoms with Gasteiger partial charge in [0.2, 0.25) is 5.88 Å². The van der Waals surface area contributed by atoms with E-state index in [1.54, 1.807) is 6.20 Å². The molecule has 21 heavy (non-hydrogen) atoms. The number of hydrogen-bond acceptors (Lipinski definition) is 4. The molecule has 1 rings (SSSR count). The van der Waals surface area contributed by atoms with Crippen molar-refractivity contribution in [1.29, 1.82) is 0 Å². The van der Waals surface area contributed by atoms with Crippen LogP contribution in [-0.4, -0.2) is 29.3 Å². The van der Waals surface area contributed by atoms with Crippen LogP contribution in [-0.2, 0) is 4.74 Å². The van der Waals surface area contributed by atoms with Crippen LogP contribution in [0.4, 0.5) is 4.79 Å². The van der Waals surface area contributed by atoms with E-state index in [4.69, 9.17) is 9.47 Å². The Hall–Kier alpha value is -1.30. The minimum atomic E-state index is -0.465. The smallest absolute Gasteiger partial charge is 0.407 e. The second kappa shape index (κ2) is 8.22. The molecule has 5 nitrogen and oxygen atoms in total. The van der Waals surface area contributed by atoms with E-state index >= 15 is 0 Å². The summed E-state index contributed by atoms with van der Waals surface area (Å²) in [5.41, 5.74) is -0.465. The van der Waals surface area contributed by atoms with Gasteiger partial charge in [-0.1, -0.05) is 15.9 Å². The normalized spacial score (nSPS) is 12.6. The highest BCUT2D eigenvalue weighted by Crippen LogP contribution is 2.16. The maximum atomic E-state index is 11.5. The number of aromatic nitrogens is 1. The average molecular weight is 359 g/mol. The summed E-state index contributed by atoms with van der Waals surface area (Å²) >= 11 is 3.37. The lowest BCUT2D eigenvalue weighted by molar-refractivity contribution is 0.0525. The van der Waals surface area contributed by atoms with Crippen molar-refractivity contribution in [2.24, 2.45) is 0 Å². The number of ether oxygens (including phenoxy) is 2. The Bertz CT molecular complexity index is 460. The van der Waals surface area contributed by atoms with E-state index < -0.39 is 5.60 Å². The highest BCUT2D eigenvalue weighted by atomic mass is 79.9. The maximum Gasteiger partial charge on any atom is 0.407 e. The van der Waals surface area contributed by atoms with Crippen molar-refractivity contribution >= 4 is 22.0 Å². The van der Waals surface area contributed by atoms with Crippen molar-refractivity contribution in [2.45, 2.75) is 52.2 Å². The first-order valence-electron chi connectivity index (χ1n) is 7.01. The first-order valence-corrected chi connectivity index (χ1v) is 7.80. The number of rotatable bonds is 6. The van der Waals surface area contributed by atoms with Crippen molar-refractivity contribution < 1.29 is 14.3 Å². The summed E-state index contributed by atoms with van der Waals surface area (Å²) in [6.07, 6.45) is 2.98. The van der Waals surface area contributed by atoms with Gasteiger partial charge in [0.15, 0.2) is 0 Å². The minimum Gasteiger partial charge on any atom is -0.475 e. The molecule has 1 aromatic rings. The molecule has 0 fully saturated rings. The summed E-state index contributed by atoms with van der Waals surface area (Å²) in [5, 5.41) is 2.73. The van der Waals surface area contributed by atoms with E-state index in [2.05, 4.69) is 26.2 Å². The zero-order valence-electron chi connectivity index (χ0n) is 13.0. The Morgan fingerprint density at radius 3 is 2.81 bits per heavy atom. The first-order chi connectivity index (χ1) is 9.76. The molecular weight excluding hydrogens is 336 g/mol. The van der Waals surface area contributed by atoms with Gasteiger partial charge in [0, 0.05) is 23.3 Å². The van der Waals surface area contributed by atoms with E-state index in [-0.39, 0.29) is 12.2 Å². The number of carbonyl (C=O) groups excluding carboxylic acids is 1. The molecule has 0 saturated heterocycles. The molecule has 0 spiro atoms. The number of amides is 1. The van der Waals surface area contributed by atoms with Crippen molar-refractivity contribution in [1.82, 2.24) is 10.3 Å². The summed E-state index contributed by atoms with van der Waals surface area (Å²) in [6, 6.07) is 3.68. The second-order valence-electron chi connectivity index (χ2n) is 5.81. The molecule has 1 N–H and O–H groups in total. The molecule has 0 saturated carbocycles. The van der Waals surface area contributed by atoms with Gasteiger partial charge < -0.3 is 14.8 Å². The van der Waals surface area contributed by atoms with Gasteiger partial charge in [-0.2, -0.15) is 0 Å². The van der Waals surface area contributed by atoms with E-state index in [9.17, 15) is 4.79 Å². The minimum absolute atomic E-state index is 0.0345. The maximum absolute atomic E-state index is 11.5. The van der Waals surface area contributed by atoms with Gasteiger partial charge in [-0.3, -0.25) is 0 Å². The zero-order valence-corrected chi connectivity index (χ0v) is 14.6. The van der Waals surface area contributed by atoms with Crippen LogP contribution in [0, 0.1) is 0 Å². The van der Waals surface area contributed by atoms with Crippen molar-refractivity contribution in [3.05, 3.63) is 22.8 Å². The molecule has 0 aliphatic heterocycles.